The Morgan fingerprint density at radius 2 is 1.96 bits per heavy atom. The normalized spacial score (nSPS) is 12.2. The largest absolute Gasteiger partial charge is 0.394 e. The molecule has 2 aromatic carbocycles. The fourth-order valence-electron chi connectivity index (χ4n) is 2.73. The highest BCUT2D eigenvalue weighted by atomic mass is 16.3. The predicted octanol–water partition coefficient (Wildman–Crippen LogP) is 1.17. The molecule has 1 unspecified atom stereocenters. The maximum atomic E-state index is 12.4. The number of H-pyrrole nitrogens is 2. The standard InChI is InChI=1S/C18H16N6O3/c25-8-15(17(27)24-18-22-12-3-1-2-4-13(12)23-18)21-16(26)10-5-6-11-14(7-10)20-9-19-11/h1-7,9,15,25H,8H2,(H,19,20)(H,21,26)(H2,22,23,24,27). The number of aromatic amines is 2. The third-order valence-electron chi connectivity index (χ3n) is 4.12. The second-order valence-electron chi connectivity index (χ2n) is 5.93. The molecule has 2 amide bonds. The van der Waals surface area contributed by atoms with Gasteiger partial charge in [-0.1, -0.05) is 12.1 Å². The second-order valence-corrected chi connectivity index (χ2v) is 5.93. The number of hydrogen-bond acceptors (Lipinski definition) is 5. The summed E-state index contributed by atoms with van der Waals surface area (Å²) in [7, 11) is 0. The number of nitrogens with zero attached hydrogens (tertiary/aromatic N) is 2. The van der Waals surface area contributed by atoms with Crippen molar-refractivity contribution < 1.29 is 14.7 Å². The maximum Gasteiger partial charge on any atom is 0.252 e. The van der Waals surface area contributed by atoms with E-state index in [9.17, 15) is 14.7 Å². The molecule has 136 valence electrons. The number of hydrogen-bond donors (Lipinski definition) is 5. The molecular weight excluding hydrogens is 348 g/mol. The first-order valence-corrected chi connectivity index (χ1v) is 8.24. The van der Waals surface area contributed by atoms with E-state index >= 15 is 0 Å². The lowest BCUT2D eigenvalue weighted by Gasteiger charge is -2.15. The fraction of sp³-hybridized carbons (Fsp3) is 0.111. The van der Waals surface area contributed by atoms with E-state index < -0.39 is 24.5 Å². The summed E-state index contributed by atoms with van der Waals surface area (Å²) >= 11 is 0. The Balaban J connectivity index is 1.47. The lowest BCUT2D eigenvalue weighted by atomic mass is 10.1. The van der Waals surface area contributed by atoms with Crippen LogP contribution in [0.2, 0.25) is 0 Å². The number of para-hydroxylation sites is 2. The van der Waals surface area contributed by atoms with E-state index in [1.165, 1.54) is 6.33 Å². The van der Waals surface area contributed by atoms with E-state index in [1.807, 2.05) is 18.2 Å². The minimum atomic E-state index is -1.12. The molecular formula is C18H16N6O3. The van der Waals surface area contributed by atoms with Crippen LogP contribution in [0.25, 0.3) is 22.1 Å². The van der Waals surface area contributed by atoms with Crippen LogP contribution < -0.4 is 10.6 Å². The van der Waals surface area contributed by atoms with Crippen LogP contribution in [0.1, 0.15) is 10.4 Å². The van der Waals surface area contributed by atoms with Crippen molar-refractivity contribution in [1.29, 1.82) is 0 Å². The highest BCUT2D eigenvalue weighted by molar-refractivity contribution is 6.02. The van der Waals surface area contributed by atoms with E-state index in [4.69, 9.17) is 0 Å². The molecule has 0 aliphatic heterocycles. The zero-order valence-electron chi connectivity index (χ0n) is 14.1. The number of nitrogens with one attached hydrogen (secondary N) is 4. The summed E-state index contributed by atoms with van der Waals surface area (Å²) in [6, 6.07) is 11.1. The van der Waals surface area contributed by atoms with Crippen molar-refractivity contribution in [3.8, 4) is 0 Å². The molecule has 9 heteroatoms. The molecule has 0 fully saturated rings. The molecule has 4 aromatic rings. The number of carbonyl (C=O) groups excluding carboxylic acids is 2. The quantitative estimate of drug-likeness (QED) is 0.362. The Bertz CT molecular complexity index is 1100. The van der Waals surface area contributed by atoms with Crippen LogP contribution >= 0.6 is 0 Å². The SMILES string of the molecule is O=C(NC(CO)C(=O)Nc1nc2ccccc2[nH]1)c1ccc2nc[nH]c2c1. The Kier molecular flexibility index (Phi) is 4.27. The minimum Gasteiger partial charge on any atom is -0.394 e. The summed E-state index contributed by atoms with van der Waals surface area (Å²) < 4.78 is 0. The number of aromatic nitrogens is 4. The van der Waals surface area contributed by atoms with Crippen LogP contribution in [0, 0.1) is 0 Å². The van der Waals surface area contributed by atoms with Crippen molar-refractivity contribution in [3.05, 3.63) is 54.4 Å². The Labute approximate surface area is 152 Å². The summed E-state index contributed by atoms with van der Waals surface area (Å²) in [6.45, 7) is -0.551. The average Bonchev–Trinajstić information content (AvgIpc) is 3.30. The van der Waals surface area contributed by atoms with E-state index in [0.717, 1.165) is 11.0 Å². The van der Waals surface area contributed by atoms with Crippen molar-refractivity contribution in [2.75, 3.05) is 11.9 Å². The first kappa shape index (κ1) is 16.7. The van der Waals surface area contributed by atoms with Gasteiger partial charge in [0.1, 0.15) is 6.04 Å². The Morgan fingerprint density at radius 1 is 1.11 bits per heavy atom. The van der Waals surface area contributed by atoms with Crippen molar-refractivity contribution in [3.63, 3.8) is 0 Å². The van der Waals surface area contributed by atoms with Crippen molar-refractivity contribution in [1.82, 2.24) is 25.3 Å². The van der Waals surface area contributed by atoms with Crippen molar-refractivity contribution >= 4 is 39.8 Å². The molecule has 0 aliphatic carbocycles. The topological polar surface area (TPSA) is 136 Å². The first-order chi connectivity index (χ1) is 13.1. The second kappa shape index (κ2) is 6.89. The van der Waals surface area contributed by atoms with Gasteiger partial charge >= 0.3 is 0 Å². The monoisotopic (exact) mass is 364 g/mol. The molecule has 0 bridgehead atoms. The van der Waals surface area contributed by atoms with Gasteiger partial charge in [0.15, 0.2) is 0 Å². The molecule has 0 saturated carbocycles. The average molecular weight is 364 g/mol. The maximum absolute atomic E-state index is 12.4. The van der Waals surface area contributed by atoms with Gasteiger partial charge in [0.05, 0.1) is 35.0 Å². The molecule has 4 rings (SSSR count). The van der Waals surface area contributed by atoms with E-state index in [-0.39, 0.29) is 5.95 Å². The van der Waals surface area contributed by atoms with Gasteiger partial charge in [-0.2, -0.15) is 0 Å². The molecule has 0 radical (unpaired) electrons. The number of rotatable bonds is 5. The van der Waals surface area contributed by atoms with E-state index in [1.54, 1.807) is 24.3 Å². The Hall–Kier alpha value is -3.72. The first-order valence-electron chi connectivity index (χ1n) is 8.24. The molecule has 2 heterocycles. The third-order valence-corrected chi connectivity index (χ3v) is 4.12. The molecule has 0 saturated heterocycles. The highest BCUT2D eigenvalue weighted by Crippen LogP contribution is 2.14. The number of imidazole rings is 2. The van der Waals surface area contributed by atoms with Crippen LogP contribution in [0.4, 0.5) is 5.95 Å². The smallest absolute Gasteiger partial charge is 0.252 e. The van der Waals surface area contributed by atoms with E-state index in [0.29, 0.717) is 16.6 Å². The predicted molar refractivity (Wildman–Crippen MR) is 99.2 cm³/mol. The van der Waals surface area contributed by atoms with Gasteiger partial charge in [-0.05, 0) is 30.3 Å². The van der Waals surface area contributed by atoms with E-state index in [2.05, 4.69) is 30.6 Å². The van der Waals surface area contributed by atoms with Gasteiger partial charge in [0.25, 0.3) is 11.8 Å². The third kappa shape index (κ3) is 3.35. The van der Waals surface area contributed by atoms with Gasteiger partial charge in [0.2, 0.25) is 5.95 Å². The molecule has 27 heavy (non-hydrogen) atoms. The fourth-order valence-corrected chi connectivity index (χ4v) is 2.73. The Morgan fingerprint density at radius 3 is 2.78 bits per heavy atom. The van der Waals surface area contributed by atoms with Crippen molar-refractivity contribution in [2.24, 2.45) is 0 Å². The number of benzene rings is 2. The summed E-state index contributed by atoms with van der Waals surface area (Å²) in [6.07, 6.45) is 1.53. The number of carbonyl (C=O) groups is 2. The number of aliphatic hydroxyl groups is 1. The highest BCUT2D eigenvalue weighted by Gasteiger charge is 2.22. The molecule has 9 nitrogen and oxygen atoms in total. The molecule has 0 aliphatic rings. The lowest BCUT2D eigenvalue weighted by Crippen LogP contribution is -2.46. The molecule has 5 N–H and O–H groups in total. The van der Waals surface area contributed by atoms with Crippen LogP contribution in [0.5, 0.6) is 0 Å². The minimum absolute atomic E-state index is 0.243. The van der Waals surface area contributed by atoms with Crippen LogP contribution in [0.3, 0.4) is 0 Å². The number of amides is 2. The number of anilines is 1. The van der Waals surface area contributed by atoms with Crippen LogP contribution in [0.15, 0.2) is 48.8 Å². The zero-order valence-corrected chi connectivity index (χ0v) is 14.1. The van der Waals surface area contributed by atoms with Gasteiger partial charge in [-0.15, -0.1) is 0 Å². The molecule has 1 atom stereocenters. The van der Waals surface area contributed by atoms with Gasteiger partial charge < -0.3 is 20.4 Å². The van der Waals surface area contributed by atoms with Gasteiger partial charge in [-0.25, -0.2) is 9.97 Å². The summed E-state index contributed by atoms with van der Waals surface area (Å²) in [5, 5.41) is 14.6. The number of aliphatic hydroxyl groups excluding tert-OH is 1. The molecule has 2 aromatic heterocycles. The number of fused-ring (bicyclic) bond motifs is 2. The molecule has 0 spiro atoms. The van der Waals surface area contributed by atoms with Crippen LogP contribution in [-0.4, -0.2) is 49.5 Å². The summed E-state index contributed by atoms with van der Waals surface area (Å²) in [4.78, 5) is 39.0. The summed E-state index contributed by atoms with van der Waals surface area (Å²) in [5.41, 5.74) is 3.25. The summed E-state index contributed by atoms with van der Waals surface area (Å²) in [5.74, 6) is -0.814. The van der Waals surface area contributed by atoms with Crippen molar-refractivity contribution in [2.45, 2.75) is 6.04 Å². The van der Waals surface area contributed by atoms with Gasteiger partial charge in [-0.3, -0.25) is 14.9 Å². The van der Waals surface area contributed by atoms with Crippen LogP contribution in [-0.2, 0) is 4.79 Å². The lowest BCUT2D eigenvalue weighted by molar-refractivity contribution is -0.118. The zero-order chi connectivity index (χ0) is 18.8. The van der Waals surface area contributed by atoms with Gasteiger partial charge in [0, 0.05) is 5.56 Å².